The Morgan fingerprint density at radius 3 is 2.44 bits per heavy atom. The number of carbonyl (C=O) groups is 1. The predicted molar refractivity (Wildman–Crippen MR) is 62.4 cm³/mol. The monoisotopic (exact) mass is 232 g/mol. The number of aldehydes is 1. The minimum absolute atomic E-state index is 0.356. The molecule has 0 bridgehead atoms. The summed E-state index contributed by atoms with van der Waals surface area (Å²) in [6.07, 6.45) is 0.639. The first-order valence-corrected chi connectivity index (χ1v) is 5.59. The highest BCUT2D eigenvalue weighted by Crippen LogP contribution is 2.29. The normalized spacial score (nSPS) is 10.1. The van der Waals surface area contributed by atoms with Gasteiger partial charge in [-0.15, -0.1) is 0 Å². The fraction of sp³-hybridized carbons (Fsp3) is 0. The molecule has 0 saturated carbocycles. The van der Waals surface area contributed by atoms with E-state index in [2.05, 4.69) is 0 Å². The highest BCUT2D eigenvalue weighted by Gasteiger charge is 2.04. The summed E-state index contributed by atoms with van der Waals surface area (Å²) in [4.78, 5) is 12.0. The van der Waals surface area contributed by atoms with Crippen molar-refractivity contribution in [1.82, 2.24) is 0 Å². The van der Waals surface area contributed by atoms with E-state index in [4.69, 9.17) is 0 Å². The van der Waals surface area contributed by atoms with Crippen molar-refractivity contribution in [3.63, 3.8) is 0 Å². The molecule has 0 unspecified atom stereocenters. The molecule has 0 spiro atoms. The van der Waals surface area contributed by atoms with Gasteiger partial charge in [0.1, 0.15) is 12.1 Å². The van der Waals surface area contributed by atoms with E-state index in [0.29, 0.717) is 16.7 Å². The lowest BCUT2D eigenvalue weighted by Crippen LogP contribution is -1.85. The van der Waals surface area contributed by atoms with Crippen LogP contribution in [-0.4, -0.2) is 6.29 Å². The van der Waals surface area contributed by atoms with Crippen LogP contribution in [0.3, 0.4) is 0 Å². The summed E-state index contributed by atoms with van der Waals surface area (Å²) in [5, 5.41) is 0. The molecule has 1 nitrogen and oxygen atoms in total. The summed E-state index contributed by atoms with van der Waals surface area (Å²) >= 11 is 1.34. The molecule has 0 aliphatic carbocycles. The van der Waals surface area contributed by atoms with E-state index in [1.54, 1.807) is 12.1 Å². The maximum Gasteiger partial charge on any atom is 0.150 e. The van der Waals surface area contributed by atoms with E-state index in [1.165, 1.54) is 17.8 Å². The number of benzene rings is 2. The van der Waals surface area contributed by atoms with E-state index < -0.39 is 0 Å². The summed E-state index contributed by atoms with van der Waals surface area (Å²) in [5.74, 6) is -0.363. The number of carbonyl (C=O) groups excluding carboxylic acids is 1. The quantitative estimate of drug-likeness (QED) is 0.749. The zero-order valence-corrected chi connectivity index (χ0v) is 9.21. The van der Waals surface area contributed by atoms with Crippen molar-refractivity contribution in [2.75, 3.05) is 0 Å². The molecule has 0 aromatic heterocycles. The molecule has 0 atom stereocenters. The third-order valence-electron chi connectivity index (χ3n) is 2.06. The Morgan fingerprint density at radius 2 is 1.81 bits per heavy atom. The van der Waals surface area contributed by atoms with Crippen molar-refractivity contribution in [2.45, 2.75) is 9.79 Å². The van der Waals surface area contributed by atoms with Gasteiger partial charge < -0.3 is 0 Å². The van der Waals surface area contributed by atoms with Gasteiger partial charge in [0.05, 0.1) is 0 Å². The molecule has 0 fully saturated rings. The highest BCUT2D eigenvalue weighted by molar-refractivity contribution is 7.99. The summed E-state index contributed by atoms with van der Waals surface area (Å²) in [6, 6.07) is 14.0. The number of halogens is 1. The van der Waals surface area contributed by atoms with Gasteiger partial charge in [-0.3, -0.25) is 4.79 Å². The van der Waals surface area contributed by atoms with Crippen LogP contribution in [0.5, 0.6) is 0 Å². The van der Waals surface area contributed by atoms with Crippen molar-refractivity contribution in [2.24, 2.45) is 0 Å². The molecule has 0 radical (unpaired) electrons. The first-order valence-electron chi connectivity index (χ1n) is 4.77. The van der Waals surface area contributed by atoms with Crippen LogP contribution >= 0.6 is 11.8 Å². The van der Waals surface area contributed by atoms with Crippen molar-refractivity contribution in [3.8, 4) is 0 Å². The molecule has 2 aromatic carbocycles. The summed E-state index contributed by atoms with van der Waals surface area (Å²) in [5.41, 5.74) is 0.356. The smallest absolute Gasteiger partial charge is 0.150 e. The topological polar surface area (TPSA) is 17.1 Å². The summed E-state index contributed by atoms with van der Waals surface area (Å²) in [6.45, 7) is 0. The second-order valence-electron chi connectivity index (χ2n) is 3.22. The number of rotatable bonds is 3. The fourth-order valence-electron chi connectivity index (χ4n) is 1.29. The summed E-state index contributed by atoms with van der Waals surface area (Å²) in [7, 11) is 0. The maximum atomic E-state index is 13.5. The van der Waals surface area contributed by atoms with E-state index >= 15 is 0 Å². The molecule has 0 heterocycles. The molecule has 3 heteroatoms. The van der Waals surface area contributed by atoms with Gasteiger partial charge in [0.25, 0.3) is 0 Å². The van der Waals surface area contributed by atoms with Gasteiger partial charge in [-0.05, 0) is 24.3 Å². The molecular weight excluding hydrogens is 223 g/mol. The van der Waals surface area contributed by atoms with E-state index in [-0.39, 0.29) is 5.82 Å². The van der Waals surface area contributed by atoms with Crippen molar-refractivity contribution in [1.29, 1.82) is 0 Å². The molecular formula is C13H9FOS. The first kappa shape index (κ1) is 10.9. The lowest BCUT2D eigenvalue weighted by molar-refractivity contribution is 0.112. The Bertz CT molecular complexity index is 497. The largest absolute Gasteiger partial charge is 0.298 e. The maximum absolute atomic E-state index is 13.5. The Kier molecular flexibility index (Phi) is 3.37. The Morgan fingerprint density at radius 1 is 1.06 bits per heavy atom. The van der Waals surface area contributed by atoms with Gasteiger partial charge in [-0.1, -0.05) is 36.0 Å². The fourth-order valence-corrected chi connectivity index (χ4v) is 2.13. The van der Waals surface area contributed by atoms with Gasteiger partial charge in [-0.25, -0.2) is 4.39 Å². The standard InChI is InChI=1S/C13H9FOS/c14-12-8-10(9-15)6-7-13(12)16-11-4-2-1-3-5-11/h1-9H. The van der Waals surface area contributed by atoms with Crippen LogP contribution < -0.4 is 0 Å². The van der Waals surface area contributed by atoms with E-state index in [0.717, 1.165) is 4.90 Å². The molecule has 2 aromatic rings. The van der Waals surface area contributed by atoms with E-state index in [9.17, 15) is 9.18 Å². The third kappa shape index (κ3) is 2.49. The lowest BCUT2D eigenvalue weighted by Gasteiger charge is -2.03. The Hall–Kier alpha value is -1.61. The van der Waals surface area contributed by atoms with Gasteiger partial charge in [0, 0.05) is 15.4 Å². The zero-order chi connectivity index (χ0) is 11.4. The van der Waals surface area contributed by atoms with Crippen molar-refractivity contribution >= 4 is 18.0 Å². The van der Waals surface area contributed by atoms with Gasteiger partial charge in [0.15, 0.2) is 0 Å². The van der Waals surface area contributed by atoms with Gasteiger partial charge in [-0.2, -0.15) is 0 Å². The second-order valence-corrected chi connectivity index (χ2v) is 4.34. The molecule has 2 rings (SSSR count). The average molecular weight is 232 g/mol. The molecule has 0 aliphatic heterocycles. The van der Waals surface area contributed by atoms with E-state index in [1.807, 2.05) is 30.3 Å². The summed E-state index contributed by atoms with van der Waals surface area (Å²) < 4.78 is 13.5. The Balaban J connectivity index is 2.25. The SMILES string of the molecule is O=Cc1ccc(Sc2ccccc2)c(F)c1. The van der Waals surface area contributed by atoms with Crippen molar-refractivity contribution < 1.29 is 9.18 Å². The van der Waals surface area contributed by atoms with Crippen molar-refractivity contribution in [3.05, 3.63) is 59.9 Å². The molecule has 0 amide bonds. The highest BCUT2D eigenvalue weighted by atomic mass is 32.2. The van der Waals surface area contributed by atoms with Crippen LogP contribution in [0.4, 0.5) is 4.39 Å². The van der Waals surface area contributed by atoms with Crippen LogP contribution in [0.1, 0.15) is 10.4 Å². The van der Waals surface area contributed by atoms with Crippen LogP contribution in [0.2, 0.25) is 0 Å². The predicted octanol–water partition coefficient (Wildman–Crippen LogP) is 3.79. The zero-order valence-electron chi connectivity index (χ0n) is 8.39. The van der Waals surface area contributed by atoms with Gasteiger partial charge in [0.2, 0.25) is 0 Å². The molecule has 16 heavy (non-hydrogen) atoms. The van der Waals surface area contributed by atoms with Crippen LogP contribution in [-0.2, 0) is 0 Å². The molecule has 80 valence electrons. The number of hydrogen-bond acceptors (Lipinski definition) is 2. The minimum atomic E-state index is -0.363. The second kappa shape index (κ2) is 4.94. The number of hydrogen-bond donors (Lipinski definition) is 0. The molecule has 0 aliphatic rings. The van der Waals surface area contributed by atoms with Gasteiger partial charge >= 0.3 is 0 Å². The lowest BCUT2D eigenvalue weighted by atomic mass is 10.2. The van der Waals surface area contributed by atoms with Crippen LogP contribution in [0.15, 0.2) is 58.3 Å². The van der Waals surface area contributed by atoms with Crippen LogP contribution in [0, 0.1) is 5.82 Å². The third-order valence-corrected chi connectivity index (χ3v) is 3.12. The molecule has 0 N–H and O–H groups in total. The average Bonchev–Trinajstić information content (AvgIpc) is 2.33. The minimum Gasteiger partial charge on any atom is -0.298 e. The first-order chi connectivity index (χ1) is 7.79. The Labute approximate surface area is 97.3 Å². The molecule has 0 saturated heterocycles. The van der Waals surface area contributed by atoms with Crippen LogP contribution in [0.25, 0.3) is 0 Å².